The maximum absolute atomic E-state index is 12.7. The second-order valence-electron chi connectivity index (χ2n) is 7.58. The monoisotopic (exact) mass is 428 g/mol. The van der Waals surface area contributed by atoms with Crippen LogP contribution in [-0.2, 0) is 6.42 Å². The third-order valence-electron chi connectivity index (χ3n) is 5.10. The van der Waals surface area contributed by atoms with E-state index in [1.807, 2.05) is 79.8 Å². The molecular weight excluding hydrogens is 404 g/mol. The highest BCUT2D eigenvalue weighted by Gasteiger charge is 2.11. The lowest BCUT2D eigenvalue weighted by atomic mass is 10.0. The van der Waals surface area contributed by atoms with Gasteiger partial charge in [0.15, 0.2) is 0 Å². The van der Waals surface area contributed by atoms with Gasteiger partial charge < -0.3 is 10.2 Å². The van der Waals surface area contributed by atoms with E-state index < -0.39 is 0 Å². The van der Waals surface area contributed by atoms with Gasteiger partial charge in [-0.2, -0.15) is 0 Å². The third kappa shape index (κ3) is 4.98. The molecule has 0 atom stereocenters. The van der Waals surface area contributed by atoms with Crippen molar-refractivity contribution in [3.05, 3.63) is 94.1 Å². The maximum Gasteiger partial charge on any atom is 0.255 e. The van der Waals surface area contributed by atoms with Crippen LogP contribution in [0.3, 0.4) is 0 Å². The first-order valence-corrected chi connectivity index (χ1v) is 10.9. The molecule has 0 aliphatic carbocycles. The molecule has 5 nitrogen and oxygen atoms in total. The molecule has 0 aliphatic rings. The number of rotatable bonds is 6. The summed E-state index contributed by atoms with van der Waals surface area (Å²) < 4.78 is 0. The molecule has 2 heterocycles. The highest BCUT2D eigenvalue weighted by molar-refractivity contribution is 7.10. The van der Waals surface area contributed by atoms with Gasteiger partial charge >= 0.3 is 0 Å². The normalized spacial score (nSPS) is 10.7. The molecule has 4 aromatic rings. The highest BCUT2D eigenvalue weighted by Crippen LogP contribution is 2.25. The lowest BCUT2D eigenvalue weighted by Crippen LogP contribution is -2.13. The number of pyridine rings is 1. The Kier molecular flexibility index (Phi) is 6.09. The van der Waals surface area contributed by atoms with Crippen LogP contribution in [0, 0.1) is 6.92 Å². The van der Waals surface area contributed by atoms with E-state index >= 15 is 0 Å². The minimum Gasteiger partial charge on any atom is -0.378 e. The average Bonchev–Trinajstić information content (AvgIpc) is 3.25. The highest BCUT2D eigenvalue weighted by atomic mass is 32.1. The topological polar surface area (TPSA) is 58.1 Å². The number of anilines is 2. The van der Waals surface area contributed by atoms with Crippen molar-refractivity contribution in [3.8, 4) is 11.3 Å². The number of amides is 1. The van der Waals surface area contributed by atoms with Crippen LogP contribution < -0.4 is 10.2 Å². The van der Waals surface area contributed by atoms with E-state index in [2.05, 4.69) is 22.6 Å². The van der Waals surface area contributed by atoms with Gasteiger partial charge in [-0.3, -0.25) is 9.78 Å². The van der Waals surface area contributed by atoms with Crippen LogP contribution in [0.4, 0.5) is 11.4 Å². The minimum absolute atomic E-state index is 0.117. The van der Waals surface area contributed by atoms with Crippen molar-refractivity contribution in [3.63, 3.8) is 0 Å². The predicted octanol–water partition coefficient (Wildman–Crippen LogP) is 5.42. The molecule has 0 unspecified atom stereocenters. The number of thiazole rings is 1. The molecule has 2 aromatic heterocycles. The summed E-state index contributed by atoms with van der Waals surface area (Å²) in [7, 11) is 3.95. The van der Waals surface area contributed by atoms with Crippen LogP contribution in [0.25, 0.3) is 11.3 Å². The standard InChI is InChI=1S/C25H24N4OS/c1-17-6-9-21(27-25(30)18-7-10-22(11-8-18)29(2)3)13-20(17)14-24-28-23(16-31-24)19-5-4-12-26-15-19/h4-13,15-16H,14H2,1-3H3,(H,27,30). The van der Waals surface area contributed by atoms with Crippen molar-refractivity contribution >= 4 is 28.6 Å². The summed E-state index contributed by atoms with van der Waals surface area (Å²) in [5.41, 5.74) is 6.75. The van der Waals surface area contributed by atoms with Crippen LogP contribution in [0.15, 0.2) is 72.4 Å². The first-order chi connectivity index (χ1) is 15.0. The van der Waals surface area contributed by atoms with E-state index in [0.29, 0.717) is 5.56 Å². The van der Waals surface area contributed by atoms with Crippen LogP contribution in [0.2, 0.25) is 0 Å². The Labute approximate surface area is 186 Å². The predicted molar refractivity (Wildman–Crippen MR) is 128 cm³/mol. The molecule has 31 heavy (non-hydrogen) atoms. The Hall–Kier alpha value is -3.51. The molecule has 0 fully saturated rings. The van der Waals surface area contributed by atoms with Crippen molar-refractivity contribution in [2.24, 2.45) is 0 Å². The fourth-order valence-corrected chi connectivity index (χ4v) is 4.08. The SMILES string of the molecule is Cc1ccc(NC(=O)c2ccc(N(C)C)cc2)cc1Cc1nc(-c2cccnc2)cs1. The maximum atomic E-state index is 12.7. The summed E-state index contributed by atoms with van der Waals surface area (Å²) in [6, 6.07) is 17.5. The Bertz CT molecular complexity index is 1180. The van der Waals surface area contributed by atoms with Gasteiger partial charge in [0.05, 0.1) is 10.7 Å². The van der Waals surface area contributed by atoms with E-state index in [1.54, 1.807) is 17.5 Å². The third-order valence-corrected chi connectivity index (χ3v) is 5.95. The molecule has 0 spiro atoms. The molecule has 156 valence electrons. The zero-order valence-electron chi connectivity index (χ0n) is 17.8. The molecule has 1 amide bonds. The van der Waals surface area contributed by atoms with Gasteiger partial charge in [0, 0.05) is 60.8 Å². The summed E-state index contributed by atoms with van der Waals surface area (Å²) in [5, 5.41) is 6.11. The molecular formula is C25H24N4OS. The van der Waals surface area contributed by atoms with Crippen LogP contribution in [0.1, 0.15) is 26.5 Å². The van der Waals surface area contributed by atoms with Crippen LogP contribution in [0.5, 0.6) is 0 Å². The van der Waals surface area contributed by atoms with E-state index in [1.165, 1.54) is 5.56 Å². The zero-order valence-corrected chi connectivity index (χ0v) is 18.6. The first kappa shape index (κ1) is 20.8. The summed E-state index contributed by atoms with van der Waals surface area (Å²) in [6.07, 6.45) is 4.31. The van der Waals surface area contributed by atoms with Gasteiger partial charge in [-0.1, -0.05) is 6.07 Å². The van der Waals surface area contributed by atoms with E-state index in [0.717, 1.165) is 39.6 Å². The summed E-state index contributed by atoms with van der Waals surface area (Å²) in [4.78, 5) is 23.6. The van der Waals surface area contributed by atoms with Crippen LogP contribution in [-0.4, -0.2) is 30.0 Å². The number of nitrogens with one attached hydrogen (secondary N) is 1. The molecule has 2 aromatic carbocycles. The zero-order chi connectivity index (χ0) is 21.8. The number of hydrogen-bond acceptors (Lipinski definition) is 5. The second kappa shape index (κ2) is 9.10. The molecule has 1 N–H and O–H groups in total. The quantitative estimate of drug-likeness (QED) is 0.445. The van der Waals surface area contributed by atoms with Crippen molar-refractivity contribution in [2.75, 3.05) is 24.3 Å². The average molecular weight is 429 g/mol. The lowest BCUT2D eigenvalue weighted by Gasteiger charge is -2.13. The number of nitrogens with zero attached hydrogens (tertiary/aromatic N) is 3. The number of carbonyl (C=O) groups is 1. The minimum atomic E-state index is -0.117. The van der Waals surface area contributed by atoms with Gasteiger partial charge in [0.1, 0.15) is 0 Å². The molecule has 0 saturated carbocycles. The molecule has 0 aliphatic heterocycles. The van der Waals surface area contributed by atoms with Gasteiger partial charge in [-0.25, -0.2) is 4.98 Å². The van der Waals surface area contributed by atoms with Gasteiger partial charge in [0.2, 0.25) is 0 Å². The largest absolute Gasteiger partial charge is 0.378 e. The van der Waals surface area contributed by atoms with Gasteiger partial charge in [-0.05, 0) is 66.6 Å². The van der Waals surface area contributed by atoms with Crippen molar-refractivity contribution in [2.45, 2.75) is 13.3 Å². The summed E-state index contributed by atoms with van der Waals surface area (Å²) in [6.45, 7) is 2.08. The van der Waals surface area contributed by atoms with Crippen molar-refractivity contribution < 1.29 is 4.79 Å². The Morgan fingerprint density at radius 2 is 1.90 bits per heavy atom. The molecule has 0 saturated heterocycles. The van der Waals surface area contributed by atoms with E-state index in [-0.39, 0.29) is 5.91 Å². The fourth-order valence-electron chi connectivity index (χ4n) is 3.26. The van der Waals surface area contributed by atoms with Crippen molar-refractivity contribution in [1.82, 2.24) is 9.97 Å². The molecule has 0 bridgehead atoms. The fraction of sp³-hybridized carbons (Fsp3) is 0.160. The molecule has 6 heteroatoms. The number of aromatic nitrogens is 2. The number of carbonyl (C=O) groups excluding carboxylic acids is 1. The number of hydrogen-bond donors (Lipinski definition) is 1. The Morgan fingerprint density at radius 1 is 1.10 bits per heavy atom. The first-order valence-electron chi connectivity index (χ1n) is 10.0. The van der Waals surface area contributed by atoms with E-state index in [4.69, 9.17) is 4.98 Å². The smallest absolute Gasteiger partial charge is 0.255 e. The Balaban J connectivity index is 1.48. The van der Waals surface area contributed by atoms with Crippen molar-refractivity contribution in [1.29, 1.82) is 0 Å². The van der Waals surface area contributed by atoms with Gasteiger partial charge in [0.25, 0.3) is 5.91 Å². The lowest BCUT2D eigenvalue weighted by molar-refractivity contribution is 0.102. The summed E-state index contributed by atoms with van der Waals surface area (Å²) >= 11 is 1.64. The van der Waals surface area contributed by atoms with Gasteiger partial charge in [-0.15, -0.1) is 11.3 Å². The molecule has 4 rings (SSSR count). The number of aryl methyl sites for hydroxylation is 1. The Morgan fingerprint density at radius 3 is 2.61 bits per heavy atom. The van der Waals surface area contributed by atoms with Crippen LogP contribution >= 0.6 is 11.3 Å². The number of benzene rings is 2. The van der Waals surface area contributed by atoms with E-state index in [9.17, 15) is 4.79 Å². The molecule has 0 radical (unpaired) electrons. The second-order valence-corrected chi connectivity index (χ2v) is 8.52. The summed E-state index contributed by atoms with van der Waals surface area (Å²) in [5.74, 6) is -0.117.